The molecular weight excluding hydrogens is 408 g/mol. The maximum absolute atomic E-state index is 13.5. The molecule has 3 atom stereocenters. The van der Waals surface area contributed by atoms with Gasteiger partial charge < -0.3 is 9.84 Å². The normalized spacial score (nSPS) is 17.8. The number of rotatable bonds is 9. The number of carboxylic acids is 1. The minimum atomic E-state index is -1.08. The molecule has 2 aromatic carbocycles. The van der Waals surface area contributed by atoms with Crippen molar-refractivity contribution in [1.82, 2.24) is 5.32 Å². The van der Waals surface area contributed by atoms with Crippen LogP contribution in [0.15, 0.2) is 54.6 Å². The molecule has 2 aromatic rings. The van der Waals surface area contributed by atoms with Crippen LogP contribution in [0.2, 0.25) is 0 Å². The zero-order valence-electron chi connectivity index (χ0n) is 18.5. The average molecular weight is 439 g/mol. The Hall–Kier alpha value is -3.19. The second kappa shape index (κ2) is 10.9. The van der Waals surface area contributed by atoms with Crippen LogP contribution in [0.3, 0.4) is 0 Å². The fraction of sp³-hybridized carbons (Fsp3) is 0.400. The number of carbonyl (C=O) groups is 3. The van der Waals surface area contributed by atoms with E-state index >= 15 is 0 Å². The molecule has 7 heteroatoms. The first-order valence-corrected chi connectivity index (χ1v) is 11.0. The van der Waals surface area contributed by atoms with Gasteiger partial charge in [0.15, 0.2) is 0 Å². The molecule has 7 nitrogen and oxygen atoms in total. The number of benzene rings is 2. The highest BCUT2D eigenvalue weighted by molar-refractivity contribution is 6.03. The molecule has 0 aromatic heterocycles. The molecule has 0 aliphatic carbocycles. The summed E-state index contributed by atoms with van der Waals surface area (Å²) >= 11 is 0. The molecule has 0 saturated heterocycles. The van der Waals surface area contributed by atoms with Crippen LogP contribution in [0.4, 0.5) is 5.69 Å². The lowest BCUT2D eigenvalue weighted by Gasteiger charge is -2.30. The lowest BCUT2D eigenvalue weighted by Crippen LogP contribution is -2.55. The van der Waals surface area contributed by atoms with E-state index < -0.39 is 30.1 Å². The van der Waals surface area contributed by atoms with Gasteiger partial charge in [-0.15, -0.1) is 0 Å². The minimum absolute atomic E-state index is 0.245. The number of ether oxygens (including phenoxy) is 1. The van der Waals surface area contributed by atoms with Crippen molar-refractivity contribution in [3.05, 3.63) is 65.7 Å². The number of carboxylic acid groups (broad SMARTS) is 1. The maximum Gasteiger partial charge on any atom is 0.326 e. The van der Waals surface area contributed by atoms with Gasteiger partial charge >= 0.3 is 11.9 Å². The van der Waals surface area contributed by atoms with Gasteiger partial charge in [0, 0.05) is 5.69 Å². The first kappa shape index (κ1) is 23.5. The highest BCUT2D eigenvalue weighted by Gasteiger charge is 2.37. The summed E-state index contributed by atoms with van der Waals surface area (Å²) in [6, 6.07) is 14.8. The van der Waals surface area contributed by atoms with Crippen molar-refractivity contribution in [2.24, 2.45) is 0 Å². The van der Waals surface area contributed by atoms with Gasteiger partial charge in [0.05, 0.1) is 12.6 Å². The zero-order chi connectivity index (χ0) is 23.1. The second-order valence-corrected chi connectivity index (χ2v) is 7.94. The Morgan fingerprint density at radius 2 is 1.84 bits per heavy atom. The molecule has 0 spiro atoms. The van der Waals surface area contributed by atoms with E-state index in [0.717, 1.165) is 11.1 Å². The average Bonchev–Trinajstić information content (AvgIpc) is 2.93. The number of hydrogen-bond acceptors (Lipinski definition) is 5. The van der Waals surface area contributed by atoms with Gasteiger partial charge in [0.25, 0.3) is 0 Å². The quantitative estimate of drug-likeness (QED) is 0.585. The van der Waals surface area contributed by atoms with Crippen LogP contribution in [0.25, 0.3) is 0 Å². The van der Waals surface area contributed by atoms with Gasteiger partial charge in [-0.05, 0) is 56.7 Å². The number of nitrogens with zero attached hydrogens (tertiary/aromatic N) is 1. The standard InChI is InChI=1S/C25H30N2O5/c1-3-32-25(31)21(15-13-18-9-5-4-6-10-18)26-20-16-14-19-11-7-8-12-22(19)27(23(20)28)17(2)24(29)30/h4-12,17,20-21,26H,3,13-16H2,1-2H3,(H,29,30). The van der Waals surface area contributed by atoms with E-state index in [9.17, 15) is 19.5 Å². The van der Waals surface area contributed by atoms with E-state index in [4.69, 9.17) is 4.74 Å². The lowest BCUT2D eigenvalue weighted by atomic mass is 10.0. The molecule has 1 aliphatic rings. The van der Waals surface area contributed by atoms with Crippen LogP contribution in [0, 0.1) is 0 Å². The van der Waals surface area contributed by atoms with Gasteiger partial charge in [0.2, 0.25) is 5.91 Å². The Morgan fingerprint density at radius 3 is 2.53 bits per heavy atom. The summed E-state index contributed by atoms with van der Waals surface area (Å²) in [7, 11) is 0. The molecule has 0 bridgehead atoms. The fourth-order valence-electron chi connectivity index (χ4n) is 4.04. The van der Waals surface area contributed by atoms with E-state index in [-0.39, 0.29) is 12.5 Å². The van der Waals surface area contributed by atoms with Crippen LogP contribution in [0.5, 0.6) is 0 Å². The van der Waals surface area contributed by atoms with Crippen molar-refractivity contribution in [1.29, 1.82) is 0 Å². The summed E-state index contributed by atoms with van der Waals surface area (Å²) in [5.74, 6) is -1.84. The molecular formula is C25H30N2O5. The molecule has 0 saturated carbocycles. The van der Waals surface area contributed by atoms with Crippen LogP contribution in [-0.2, 0) is 32.0 Å². The predicted molar refractivity (Wildman–Crippen MR) is 121 cm³/mol. The Labute approximate surface area is 188 Å². The molecule has 170 valence electrons. The molecule has 2 N–H and O–H groups in total. The number of carbonyl (C=O) groups excluding carboxylic acids is 2. The third-order valence-corrected chi connectivity index (χ3v) is 5.77. The van der Waals surface area contributed by atoms with Crippen molar-refractivity contribution in [2.75, 3.05) is 11.5 Å². The molecule has 32 heavy (non-hydrogen) atoms. The number of esters is 1. The predicted octanol–water partition coefficient (Wildman–Crippen LogP) is 2.96. The molecule has 0 fully saturated rings. The van der Waals surface area contributed by atoms with Gasteiger partial charge in [-0.1, -0.05) is 48.5 Å². The zero-order valence-corrected chi connectivity index (χ0v) is 18.5. The van der Waals surface area contributed by atoms with Crippen molar-refractivity contribution in [3.63, 3.8) is 0 Å². The van der Waals surface area contributed by atoms with Crippen LogP contribution in [0.1, 0.15) is 37.8 Å². The number of anilines is 1. The highest BCUT2D eigenvalue weighted by Crippen LogP contribution is 2.29. The van der Waals surface area contributed by atoms with E-state index in [2.05, 4.69) is 5.32 Å². The van der Waals surface area contributed by atoms with Crippen molar-refractivity contribution >= 4 is 23.5 Å². The molecule has 0 radical (unpaired) electrons. The van der Waals surface area contributed by atoms with E-state index in [1.54, 1.807) is 19.1 Å². The maximum atomic E-state index is 13.5. The molecule has 1 amide bonds. The summed E-state index contributed by atoms with van der Waals surface area (Å²) in [5.41, 5.74) is 2.60. The largest absolute Gasteiger partial charge is 0.480 e. The smallest absolute Gasteiger partial charge is 0.326 e. The van der Waals surface area contributed by atoms with Crippen LogP contribution >= 0.6 is 0 Å². The van der Waals surface area contributed by atoms with Crippen molar-refractivity contribution < 1.29 is 24.2 Å². The van der Waals surface area contributed by atoms with Gasteiger partial charge in [-0.2, -0.15) is 0 Å². The number of fused-ring (bicyclic) bond motifs is 1. The highest BCUT2D eigenvalue weighted by atomic mass is 16.5. The van der Waals surface area contributed by atoms with Gasteiger partial charge in [-0.25, -0.2) is 4.79 Å². The summed E-state index contributed by atoms with van der Waals surface area (Å²) in [6.07, 6.45) is 2.17. The summed E-state index contributed by atoms with van der Waals surface area (Å²) in [5, 5.41) is 12.8. The van der Waals surface area contributed by atoms with E-state index in [0.29, 0.717) is 31.4 Å². The number of para-hydroxylation sites is 1. The van der Waals surface area contributed by atoms with Gasteiger partial charge in [-0.3, -0.25) is 19.8 Å². The number of aryl methyl sites for hydroxylation is 2. The third kappa shape index (κ3) is 5.53. The number of amides is 1. The molecule has 1 heterocycles. The first-order valence-electron chi connectivity index (χ1n) is 11.0. The SMILES string of the molecule is CCOC(=O)C(CCc1ccccc1)NC1CCc2ccccc2N(C(C)C(=O)O)C1=O. The Balaban J connectivity index is 1.84. The number of aliphatic carboxylic acids is 1. The topological polar surface area (TPSA) is 95.9 Å². The lowest BCUT2D eigenvalue weighted by molar-refractivity contribution is -0.146. The Bertz CT molecular complexity index is 946. The monoisotopic (exact) mass is 438 g/mol. The summed E-state index contributed by atoms with van der Waals surface area (Å²) in [4.78, 5) is 39.3. The van der Waals surface area contributed by atoms with Crippen molar-refractivity contribution in [3.8, 4) is 0 Å². The second-order valence-electron chi connectivity index (χ2n) is 7.94. The molecule has 3 unspecified atom stereocenters. The molecule has 3 rings (SSSR count). The van der Waals surface area contributed by atoms with Gasteiger partial charge in [0.1, 0.15) is 12.1 Å². The van der Waals surface area contributed by atoms with E-state index in [1.807, 2.05) is 42.5 Å². The van der Waals surface area contributed by atoms with Crippen LogP contribution in [-0.4, -0.2) is 47.7 Å². The summed E-state index contributed by atoms with van der Waals surface area (Å²) < 4.78 is 5.25. The Morgan fingerprint density at radius 1 is 1.16 bits per heavy atom. The number of hydrogen-bond donors (Lipinski definition) is 2. The third-order valence-electron chi connectivity index (χ3n) is 5.77. The minimum Gasteiger partial charge on any atom is -0.480 e. The van der Waals surface area contributed by atoms with E-state index in [1.165, 1.54) is 11.8 Å². The number of nitrogens with one attached hydrogen (secondary N) is 1. The first-order chi connectivity index (χ1) is 15.4. The Kier molecular flexibility index (Phi) is 8.00. The molecule has 1 aliphatic heterocycles. The summed E-state index contributed by atoms with van der Waals surface area (Å²) in [6.45, 7) is 3.49. The fourth-order valence-corrected chi connectivity index (χ4v) is 4.04. The van der Waals surface area contributed by atoms with Crippen LogP contribution < -0.4 is 10.2 Å². The van der Waals surface area contributed by atoms with Crippen molar-refractivity contribution in [2.45, 2.75) is 57.7 Å².